The predicted molar refractivity (Wildman–Crippen MR) is 230 cm³/mol. The van der Waals surface area contributed by atoms with Crippen molar-refractivity contribution < 1.29 is 9.59 Å². The number of hydrogen-bond donors (Lipinski definition) is 0. The molecule has 0 N–H and O–H groups in total. The first-order chi connectivity index (χ1) is 27.1. The summed E-state index contributed by atoms with van der Waals surface area (Å²) >= 11 is 0. The number of benzene rings is 8. The minimum absolute atomic E-state index is 0.0327. The first-order valence-electron chi connectivity index (χ1n) is 19.4. The Labute approximate surface area is 328 Å². The van der Waals surface area contributed by atoms with Crippen LogP contribution in [-0.2, 0) is 10.8 Å². The van der Waals surface area contributed by atoms with Gasteiger partial charge in [-0.15, -0.1) is 0 Å². The molecule has 0 bridgehead atoms. The first-order valence-corrected chi connectivity index (χ1v) is 19.4. The molecule has 8 aromatic carbocycles. The second-order valence-electron chi connectivity index (χ2n) is 16.4. The molecule has 0 saturated carbocycles. The SMILES string of the molecule is CC1(C)c2cc(-c3ccc(C(=O)c4ccccc4)cc3)ccc2-c2ccc3c(c21)C(C)(C)c1cc(-c2ccc(C(=O)c4ccccc4)cc2)c2ccccc2c1-3. The fourth-order valence-electron chi connectivity index (χ4n) is 9.60. The van der Waals surface area contributed by atoms with Gasteiger partial charge in [0.25, 0.3) is 0 Å². The van der Waals surface area contributed by atoms with E-state index in [1.54, 1.807) is 0 Å². The van der Waals surface area contributed by atoms with Crippen LogP contribution in [0.25, 0.3) is 55.3 Å². The standard InChI is InChI=1S/C54H40O2/c1-53(2)46-31-39(33-19-23-37(24-20-33)51(55)35-13-7-5-8-14-35)27-28-41(46)43-29-30-44-48-42-18-12-11-17-40(42)45(32-47(48)54(3,4)50(44)49(43)53)34-21-25-38(26-22-34)52(56)36-15-9-6-10-16-36/h5-32H,1-4H3. The lowest BCUT2D eigenvalue weighted by Crippen LogP contribution is -2.24. The van der Waals surface area contributed by atoms with E-state index in [1.165, 1.54) is 60.8 Å². The van der Waals surface area contributed by atoms with Gasteiger partial charge in [-0.25, -0.2) is 0 Å². The maximum atomic E-state index is 13.3. The molecular weight excluding hydrogens is 681 g/mol. The second kappa shape index (κ2) is 12.4. The molecule has 0 fully saturated rings. The third-order valence-electron chi connectivity index (χ3n) is 12.4. The molecule has 2 aliphatic rings. The Morgan fingerprint density at radius 3 is 1.41 bits per heavy atom. The highest BCUT2D eigenvalue weighted by Gasteiger charge is 2.46. The number of fused-ring (bicyclic) bond motifs is 9. The van der Waals surface area contributed by atoms with Gasteiger partial charge in [-0.1, -0.05) is 185 Å². The van der Waals surface area contributed by atoms with Crippen LogP contribution in [-0.4, -0.2) is 11.6 Å². The van der Waals surface area contributed by atoms with E-state index in [4.69, 9.17) is 0 Å². The van der Waals surface area contributed by atoms with Crippen molar-refractivity contribution in [2.24, 2.45) is 0 Å². The molecule has 56 heavy (non-hydrogen) atoms. The lowest BCUT2D eigenvalue weighted by atomic mass is 9.72. The number of hydrogen-bond acceptors (Lipinski definition) is 2. The topological polar surface area (TPSA) is 34.1 Å². The Bertz CT molecular complexity index is 2890. The Morgan fingerprint density at radius 1 is 0.357 bits per heavy atom. The average Bonchev–Trinajstić information content (AvgIpc) is 3.62. The summed E-state index contributed by atoms with van der Waals surface area (Å²) in [4.78, 5) is 26.4. The number of carbonyl (C=O) groups excluding carboxylic acids is 2. The summed E-state index contributed by atoms with van der Waals surface area (Å²) < 4.78 is 0. The van der Waals surface area contributed by atoms with Crippen LogP contribution in [0.15, 0.2) is 170 Å². The van der Waals surface area contributed by atoms with Crippen molar-refractivity contribution in [2.75, 3.05) is 0 Å². The van der Waals surface area contributed by atoms with Crippen LogP contribution >= 0.6 is 0 Å². The molecule has 0 saturated heterocycles. The van der Waals surface area contributed by atoms with Crippen LogP contribution in [0.4, 0.5) is 0 Å². The third-order valence-corrected chi connectivity index (χ3v) is 12.4. The molecule has 10 rings (SSSR count). The monoisotopic (exact) mass is 720 g/mol. The molecule has 0 spiro atoms. The van der Waals surface area contributed by atoms with E-state index in [0.29, 0.717) is 22.3 Å². The molecule has 268 valence electrons. The van der Waals surface area contributed by atoms with Crippen molar-refractivity contribution in [2.45, 2.75) is 38.5 Å². The summed E-state index contributed by atoms with van der Waals surface area (Å²) in [5.74, 6) is 0.0682. The Hall–Kier alpha value is -6.64. The summed E-state index contributed by atoms with van der Waals surface area (Å²) in [5.41, 5.74) is 17.5. The van der Waals surface area contributed by atoms with Crippen molar-refractivity contribution in [1.29, 1.82) is 0 Å². The van der Waals surface area contributed by atoms with Crippen molar-refractivity contribution >= 4 is 22.3 Å². The van der Waals surface area contributed by atoms with Gasteiger partial charge in [0.15, 0.2) is 11.6 Å². The van der Waals surface area contributed by atoms with E-state index in [0.717, 1.165) is 16.7 Å². The Kier molecular flexibility index (Phi) is 7.53. The Morgan fingerprint density at radius 2 is 0.804 bits per heavy atom. The molecule has 0 radical (unpaired) electrons. The van der Waals surface area contributed by atoms with Gasteiger partial charge in [0.2, 0.25) is 0 Å². The van der Waals surface area contributed by atoms with E-state index >= 15 is 0 Å². The largest absolute Gasteiger partial charge is 0.289 e. The zero-order valence-corrected chi connectivity index (χ0v) is 32.0. The van der Waals surface area contributed by atoms with Crippen LogP contribution < -0.4 is 0 Å². The van der Waals surface area contributed by atoms with Crippen LogP contribution in [0.2, 0.25) is 0 Å². The number of carbonyl (C=O) groups is 2. The molecule has 0 unspecified atom stereocenters. The molecular formula is C54H40O2. The lowest BCUT2D eigenvalue weighted by molar-refractivity contribution is 0.103. The molecule has 0 heterocycles. The zero-order chi connectivity index (χ0) is 38.3. The first kappa shape index (κ1) is 33.9. The summed E-state index contributed by atoms with van der Waals surface area (Å²) in [6, 6.07) is 57.9. The molecule has 0 aliphatic heterocycles. The maximum Gasteiger partial charge on any atom is 0.193 e. The fraction of sp³-hybridized carbons (Fsp3) is 0.111. The highest BCUT2D eigenvalue weighted by molar-refractivity contribution is 6.12. The van der Waals surface area contributed by atoms with Crippen LogP contribution in [0.5, 0.6) is 0 Å². The fourth-order valence-corrected chi connectivity index (χ4v) is 9.60. The van der Waals surface area contributed by atoms with Gasteiger partial charge in [0.05, 0.1) is 0 Å². The van der Waals surface area contributed by atoms with Gasteiger partial charge in [0, 0.05) is 33.1 Å². The van der Waals surface area contributed by atoms with Crippen molar-refractivity contribution in [3.63, 3.8) is 0 Å². The maximum absolute atomic E-state index is 13.3. The van der Waals surface area contributed by atoms with Gasteiger partial charge in [-0.3, -0.25) is 9.59 Å². The zero-order valence-electron chi connectivity index (χ0n) is 32.0. The van der Waals surface area contributed by atoms with E-state index in [2.05, 4.69) is 113 Å². The Balaban J connectivity index is 1.04. The normalized spacial score (nSPS) is 14.1. The minimum atomic E-state index is -0.263. The molecule has 0 amide bonds. The van der Waals surface area contributed by atoms with E-state index in [1.807, 2.05) is 84.9 Å². The van der Waals surface area contributed by atoms with Crippen molar-refractivity contribution in [3.8, 4) is 44.5 Å². The van der Waals surface area contributed by atoms with Crippen molar-refractivity contribution in [3.05, 3.63) is 214 Å². The number of rotatable bonds is 6. The summed E-state index contributed by atoms with van der Waals surface area (Å²) in [6.07, 6.45) is 0. The molecule has 2 nitrogen and oxygen atoms in total. The highest BCUT2D eigenvalue weighted by atomic mass is 16.1. The van der Waals surface area contributed by atoms with Gasteiger partial charge >= 0.3 is 0 Å². The van der Waals surface area contributed by atoms with Crippen molar-refractivity contribution in [1.82, 2.24) is 0 Å². The predicted octanol–water partition coefficient (Wildman–Crippen LogP) is 13.2. The lowest BCUT2D eigenvalue weighted by Gasteiger charge is -2.31. The quantitative estimate of drug-likeness (QED) is 0.160. The van der Waals surface area contributed by atoms with Gasteiger partial charge in [-0.05, 0) is 89.7 Å². The minimum Gasteiger partial charge on any atom is -0.289 e. The third kappa shape index (κ3) is 5.02. The molecule has 2 heteroatoms. The summed E-state index contributed by atoms with van der Waals surface area (Å²) in [7, 11) is 0. The van der Waals surface area contributed by atoms with Crippen LogP contribution in [0.3, 0.4) is 0 Å². The van der Waals surface area contributed by atoms with Crippen LogP contribution in [0.1, 0.15) is 81.8 Å². The van der Waals surface area contributed by atoms with E-state index in [9.17, 15) is 9.59 Å². The van der Waals surface area contributed by atoms with E-state index in [-0.39, 0.29) is 22.4 Å². The van der Waals surface area contributed by atoms with Crippen LogP contribution in [0, 0.1) is 0 Å². The van der Waals surface area contributed by atoms with E-state index < -0.39 is 0 Å². The summed E-state index contributed by atoms with van der Waals surface area (Å²) in [5, 5.41) is 2.46. The molecule has 0 aromatic heterocycles. The molecule has 8 aromatic rings. The molecule has 2 aliphatic carbocycles. The van der Waals surface area contributed by atoms with Gasteiger partial charge in [-0.2, -0.15) is 0 Å². The smallest absolute Gasteiger partial charge is 0.193 e. The van der Waals surface area contributed by atoms with Gasteiger partial charge < -0.3 is 0 Å². The highest BCUT2D eigenvalue weighted by Crippen LogP contribution is 2.61. The van der Waals surface area contributed by atoms with Gasteiger partial charge in [0.1, 0.15) is 0 Å². The second-order valence-corrected chi connectivity index (χ2v) is 16.4. The average molecular weight is 721 g/mol. The summed E-state index contributed by atoms with van der Waals surface area (Å²) in [6.45, 7) is 9.54. The molecule has 0 atom stereocenters. The number of ketones is 2.